The normalized spacial score (nSPS) is 11.2. The summed E-state index contributed by atoms with van der Waals surface area (Å²) in [5.74, 6) is 0.0356. The van der Waals surface area contributed by atoms with Crippen LogP contribution in [0.5, 0.6) is 0 Å². The van der Waals surface area contributed by atoms with E-state index < -0.39 is 0 Å². The number of carbonyl (C=O) groups excluding carboxylic acids is 1. The summed E-state index contributed by atoms with van der Waals surface area (Å²) < 4.78 is 2.07. The Hall–Kier alpha value is -1.28. The van der Waals surface area contributed by atoms with Crippen molar-refractivity contribution in [3.05, 3.63) is 34.0 Å². The van der Waals surface area contributed by atoms with E-state index in [-0.39, 0.29) is 5.78 Å². The van der Waals surface area contributed by atoms with Crippen molar-refractivity contribution in [2.45, 2.75) is 47.1 Å². The molecule has 0 aliphatic rings. The van der Waals surface area contributed by atoms with Crippen LogP contribution in [0.2, 0.25) is 5.15 Å². The zero-order chi connectivity index (χ0) is 14.2. The Morgan fingerprint density at radius 2 is 1.89 bits per heavy atom. The highest BCUT2D eigenvalue weighted by atomic mass is 35.5. The van der Waals surface area contributed by atoms with Crippen LogP contribution in [-0.2, 0) is 6.54 Å². The predicted molar refractivity (Wildman–Crippen MR) is 81.3 cm³/mol. The summed E-state index contributed by atoms with van der Waals surface area (Å²) >= 11 is 6.43. The SMILES string of the molecule is CCCCn1c(Cl)c(C(C)=O)c2cc(C)c(C)cc21. The third kappa shape index (κ3) is 2.42. The van der Waals surface area contributed by atoms with Crippen LogP contribution < -0.4 is 0 Å². The second-order valence-electron chi connectivity index (χ2n) is 5.18. The van der Waals surface area contributed by atoms with E-state index in [1.54, 1.807) is 6.92 Å². The molecular formula is C16H20ClNO. The molecule has 0 amide bonds. The summed E-state index contributed by atoms with van der Waals surface area (Å²) in [6.07, 6.45) is 2.17. The third-order valence-corrected chi connectivity index (χ3v) is 4.10. The maximum atomic E-state index is 11.9. The number of fused-ring (bicyclic) bond motifs is 1. The topological polar surface area (TPSA) is 22.0 Å². The van der Waals surface area contributed by atoms with E-state index in [1.165, 1.54) is 11.1 Å². The summed E-state index contributed by atoms with van der Waals surface area (Å²) in [5.41, 5.74) is 4.16. The van der Waals surface area contributed by atoms with E-state index in [0.29, 0.717) is 10.7 Å². The molecule has 0 atom stereocenters. The summed E-state index contributed by atoms with van der Waals surface area (Å²) in [7, 11) is 0. The van der Waals surface area contributed by atoms with Crippen molar-refractivity contribution in [3.63, 3.8) is 0 Å². The van der Waals surface area contributed by atoms with Crippen LogP contribution in [0.25, 0.3) is 10.9 Å². The van der Waals surface area contributed by atoms with Crippen LogP contribution in [0.15, 0.2) is 12.1 Å². The third-order valence-electron chi connectivity index (χ3n) is 3.70. The molecule has 1 heterocycles. The first-order chi connectivity index (χ1) is 8.97. The van der Waals surface area contributed by atoms with Gasteiger partial charge in [0.2, 0.25) is 0 Å². The fourth-order valence-electron chi connectivity index (χ4n) is 2.45. The molecular weight excluding hydrogens is 258 g/mol. The van der Waals surface area contributed by atoms with Gasteiger partial charge in [-0.15, -0.1) is 0 Å². The van der Waals surface area contributed by atoms with Crippen molar-refractivity contribution < 1.29 is 4.79 Å². The van der Waals surface area contributed by atoms with E-state index in [2.05, 4.69) is 37.5 Å². The molecule has 0 aliphatic carbocycles. The van der Waals surface area contributed by atoms with Gasteiger partial charge in [0, 0.05) is 11.9 Å². The van der Waals surface area contributed by atoms with Crippen molar-refractivity contribution in [1.29, 1.82) is 0 Å². The van der Waals surface area contributed by atoms with Gasteiger partial charge in [-0.3, -0.25) is 4.79 Å². The maximum absolute atomic E-state index is 11.9. The molecule has 3 heteroatoms. The highest BCUT2D eigenvalue weighted by Crippen LogP contribution is 2.32. The number of ketones is 1. The Labute approximate surface area is 119 Å². The van der Waals surface area contributed by atoms with Gasteiger partial charge in [-0.1, -0.05) is 24.9 Å². The number of carbonyl (C=O) groups is 1. The van der Waals surface area contributed by atoms with Crippen LogP contribution in [0.1, 0.15) is 48.2 Å². The van der Waals surface area contributed by atoms with E-state index >= 15 is 0 Å². The molecule has 0 N–H and O–H groups in total. The predicted octanol–water partition coefficient (Wildman–Crippen LogP) is 4.91. The number of aromatic nitrogens is 1. The molecule has 1 aromatic heterocycles. The fraction of sp³-hybridized carbons (Fsp3) is 0.438. The average molecular weight is 278 g/mol. The number of unbranched alkanes of at least 4 members (excludes halogenated alkanes) is 1. The molecule has 1 aromatic carbocycles. The summed E-state index contributed by atoms with van der Waals surface area (Å²) in [6, 6.07) is 4.22. The largest absolute Gasteiger partial charge is 0.331 e. The van der Waals surface area contributed by atoms with E-state index in [9.17, 15) is 4.79 Å². The number of rotatable bonds is 4. The van der Waals surface area contributed by atoms with Crippen LogP contribution in [0.3, 0.4) is 0 Å². The summed E-state index contributed by atoms with van der Waals surface area (Å²) in [4.78, 5) is 11.9. The second-order valence-corrected chi connectivity index (χ2v) is 5.54. The number of hydrogen-bond acceptors (Lipinski definition) is 1. The Morgan fingerprint density at radius 3 is 2.47 bits per heavy atom. The van der Waals surface area contributed by atoms with Crippen molar-refractivity contribution in [2.75, 3.05) is 0 Å². The fourth-order valence-corrected chi connectivity index (χ4v) is 2.86. The highest BCUT2D eigenvalue weighted by Gasteiger charge is 2.19. The first-order valence-corrected chi connectivity index (χ1v) is 7.15. The van der Waals surface area contributed by atoms with Gasteiger partial charge in [-0.25, -0.2) is 0 Å². The van der Waals surface area contributed by atoms with Gasteiger partial charge >= 0.3 is 0 Å². The molecule has 0 fully saturated rings. The molecule has 0 aliphatic heterocycles. The van der Waals surface area contributed by atoms with Gasteiger partial charge < -0.3 is 4.57 Å². The number of hydrogen-bond donors (Lipinski definition) is 0. The van der Waals surface area contributed by atoms with E-state index in [4.69, 9.17) is 11.6 Å². The molecule has 0 spiro atoms. The highest BCUT2D eigenvalue weighted by molar-refractivity contribution is 6.35. The molecule has 2 rings (SSSR count). The minimum atomic E-state index is 0.0356. The summed E-state index contributed by atoms with van der Waals surface area (Å²) in [6.45, 7) is 8.76. The quantitative estimate of drug-likeness (QED) is 0.728. The zero-order valence-corrected chi connectivity index (χ0v) is 12.8. The number of aryl methyl sites for hydroxylation is 3. The molecule has 19 heavy (non-hydrogen) atoms. The van der Waals surface area contributed by atoms with E-state index in [1.807, 2.05) is 0 Å². The van der Waals surface area contributed by atoms with Crippen LogP contribution in [0, 0.1) is 13.8 Å². The standard InChI is InChI=1S/C16H20ClNO/c1-5-6-7-18-14-9-11(3)10(2)8-13(14)15(12(4)19)16(18)17/h8-9H,5-7H2,1-4H3. The van der Waals surface area contributed by atoms with Gasteiger partial charge in [0.1, 0.15) is 5.15 Å². The Balaban J connectivity index is 2.76. The number of halogens is 1. The van der Waals surface area contributed by atoms with E-state index in [0.717, 1.165) is 30.3 Å². The monoisotopic (exact) mass is 277 g/mol. The van der Waals surface area contributed by atoms with Gasteiger partial charge in [0.15, 0.2) is 5.78 Å². The lowest BCUT2D eigenvalue weighted by Crippen LogP contribution is -1.99. The Kier molecular flexibility index (Phi) is 4.00. The molecule has 2 aromatic rings. The molecule has 0 saturated heterocycles. The molecule has 0 bridgehead atoms. The van der Waals surface area contributed by atoms with Crippen LogP contribution >= 0.6 is 11.6 Å². The van der Waals surface area contributed by atoms with Gasteiger partial charge in [0.05, 0.1) is 11.1 Å². The molecule has 0 saturated carbocycles. The lowest BCUT2D eigenvalue weighted by Gasteiger charge is -2.07. The first kappa shape index (κ1) is 14.1. The molecule has 102 valence electrons. The van der Waals surface area contributed by atoms with Gasteiger partial charge in [0.25, 0.3) is 0 Å². The Morgan fingerprint density at radius 1 is 1.26 bits per heavy atom. The number of Topliss-reactive ketones (excluding diaryl/α,β-unsaturated/α-hetero) is 1. The maximum Gasteiger partial charge on any atom is 0.163 e. The lowest BCUT2D eigenvalue weighted by atomic mass is 10.0. The first-order valence-electron chi connectivity index (χ1n) is 6.77. The molecule has 0 unspecified atom stereocenters. The number of nitrogens with zero attached hydrogens (tertiary/aromatic N) is 1. The van der Waals surface area contributed by atoms with Crippen molar-refractivity contribution >= 4 is 28.3 Å². The minimum absolute atomic E-state index is 0.0356. The lowest BCUT2D eigenvalue weighted by molar-refractivity contribution is 0.101. The van der Waals surface area contributed by atoms with Crippen molar-refractivity contribution in [3.8, 4) is 0 Å². The van der Waals surface area contributed by atoms with Crippen molar-refractivity contribution in [1.82, 2.24) is 4.57 Å². The smallest absolute Gasteiger partial charge is 0.163 e. The van der Waals surface area contributed by atoms with Crippen LogP contribution in [0.4, 0.5) is 0 Å². The summed E-state index contributed by atoms with van der Waals surface area (Å²) in [5, 5.41) is 1.57. The average Bonchev–Trinajstić information content (AvgIpc) is 2.59. The minimum Gasteiger partial charge on any atom is -0.331 e. The van der Waals surface area contributed by atoms with Gasteiger partial charge in [-0.2, -0.15) is 0 Å². The van der Waals surface area contributed by atoms with Crippen LogP contribution in [-0.4, -0.2) is 10.4 Å². The number of benzene rings is 1. The molecule has 0 radical (unpaired) electrons. The van der Waals surface area contributed by atoms with Gasteiger partial charge in [-0.05, 0) is 50.5 Å². The Bertz CT molecular complexity index is 640. The zero-order valence-electron chi connectivity index (χ0n) is 12.0. The van der Waals surface area contributed by atoms with Crippen molar-refractivity contribution in [2.24, 2.45) is 0 Å². The second kappa shape index (κ2) is 5.38. The molecule has 2 nitrogen and oxygen atoms in total.